The molecule has 20 heavy (non-hydrogen) atoms. The highest BCUT2D eigenvalue weighted by Crippen LogP contribution is 2.41. The minimum atomic E-state index is -3.81. The van der Waals surface area contributed by atoms with Crippen LogP contribution in [0, 0.1) is 5.82 Å². The molecule has 1 N–H and O–H groups in total. The van der Waals surface area contributed by atoms with E-state index in [0.29, 0.717) is 11.0 Å². The summed E-state index contributed by atoms with van der Waals surface area (Å²) in [5, 5.41) is 2.17. The standard InChI is InChI=1S/C12H10BrFN2O2S2/c13-9-4-3-8(5-10(9)14)20(17,18)16-12-15-11(6-19-12)7-1-2-7/h3-7H,1-2H2,(H,15,16). The van der Waals surface area contributed by atoms with Crippen molar-refractivity contribution in [3.05, 3.63) is 39.6 Å². The average molecular weight is 377 g/mol. The molecule has 0 spiro atoms. The molecule has 1 heterocycles. The molecule has 0 amide bonds. The molecule has 1 aromatic carbocycles. The molecular formula is C12H10BrFN2O2S2. The molecule has 3 rings (SSSR count). The Bertz CT molecular complexity index is 757. The number of sulfonamides is 1. The van der Waals surface area contributed by atoms with Crippen LogP contribution < -0.4 is 4.72 Å². The molecular weight excluding hydrogens is 367 g/mol. The number of thiazole rings is 1. The molecule has 1 aliphatic carbocycles. The van der Waals surface area contributed by atoms with Crippen LogP contribution in [0.15, 0.2) is 32.9 Å². The maximum absolute atomic E-state index is 13.4. The second kappa shape index (κ2) is 5.09. The zero-order chi connectivity index (χ0) is 14.3. The molecule has 0 saturated heterocycles. The van der Waals surface area contributed by atoms with Crippen molar-refractivity contribution >= 4 is 42.4 Å². The largest absolute Gasteiger partial charge is 0.263 e. The first-order chi connectivity index (χ1) is 9.45. The lowest BCUT2D eigenvalue weighted by atomic mass is 10.3. The molecule has 106 valence electrons. The molecule has 2 aromatic rings. The highest BCUT2D eigenvalue weighted by atomic mass is 79.9. The van der Waals surface area contributed by atoms with Gasteiger partial charge in [-0.05, 0) is 47.0 Å². The van der Waals surface area contributed by atoms with Crippen LogP contribution >= 0.6 is 27.3 Å². The van der Waals surface area contributed by atoms with E-state index < -0.39 is 15.8 Å². The summed E-state index contributed by atoms with van der Waals surface area (Å²) in [6.07, 6.45) is 2.21. The van der Waals surface area contributed by atoms with Crippen molar-refractivity contribution in [3.8, 4) is 0 Å². The quantitative estimate of drug-likeness (QED) is 0.884. The molecule has 8 heteroatoms. The van der Waals surface area contributed by atoms with Gasteiger partial charge >= 0.3 is 0 Å². The van der Waals surface area contributed by atoms with E-state index in [9.17, 15) is 12.8 Å². The Labute approximate surface area is 128 Å². The Morgan fingerprint density at radius 3 is 2.80 bits per heavy atom. The topological polar surface area (TPSA) is 59.1 Å². The van der Waals surface area contributed by atoms with E-state index in [2.05, 4.69) is 25.6 Å². The van der Waals surface area contributed by atoms with E-state index >= 15 is 0 Å². The van der Waals surface area contributed by atoms with Crippen LogP contribution in [0.4, 0.5) is 9.52 Å². The predicted molar refractivity (Wildman–Crippen MR) is 79.0 cm³/mol. The minimum absolute atomic E-state index is 0.124. The van der Waals surface area contributed by atoms with Gasteiger partial charge in [0.15, 0.2) is 5.13 Å². The summed E-state index contributed by atoms with van der Waals surface area (Å²) in [6, 6.07) is 3.67. The molecule has 4 nitrogen and oxygen atoms in total. The van der Waals surface area contributed by atoms with Crippen LogP contribution in [-0.2, 0) is 10.0 Å². The molecule has 1 aliphatic rings. The highest BCUT2D eigenvalue weighted by molar-refractivity contribution is 9.10. The van der Waals surface area contributed by atoms with Crippen molar-refractivity contribution in [2.75, 3.05) is 4.72 Å². The predicted octanol–water partition coefficient (Wildman–Crippen LogP) is 3.72. The van der Waals surface area contributed by atoms with Gasteiger partial charge in [0.1, 0.15) is 5.82 Å². The molecule has 0 aliphatic heterocycles. The van der Waals surface area contributed by atoms with Crippen LogP contribution in [0.1, 0.15) is 24.5 Å². The lowest BCUT2D eigenvalue weighted by molar-refractivity contribution is 0.593. The third-order valence-electron chi connectivity index (χ3n) is 2.94. The van der Waals surface area contributed by atoms with Crippen LogP contribution in [0.25, 0.3) is 0 Å². The summed E-state index contributed by atoms with van der Waals surface area (Å²) >= 11 is 4.23. The summed E-state index contributed by atoms with van der Waals surface area (Å²) in [5.74, 6) is -0.152. The van der Waals surface area contributed by atoms with Gasteiger partial charge in [0, 0.05) is 11.3 Å². The highest BCUT2D eigenvalue weighted by Gasteiger charge is 2.27. The van der Waals surface area contributed by atoms with E-state index in [1.807, 2.05) is 5.38 Å². The van der Waals surface area contributed by atoms with Crippen molar-refractivity contribution < 1.29 is 12.8 Å². The number of hydrogen-bond donors (Lipinski definition) is 1. The smallest absolute Gasteiger partial charge is 0.255 e. The number of benzene rings is 1. The summed E-state index contributed by atoms with van der Waals surface area (Å²) < 4.78 is 40.3. The third-order valence-corrected chi connectivity index (χ3v) is 5.83. The Hall–Kier alpha value is -0.990. The number of anilines is 1. The number of rotatable bonds is 4. The normalized spacial score (nSPS) is 15.3. The second-order valence-electron chi connectivity index (χ2n) is 4.53. The van der Waals surface area contributed by atoms with Crippen molar-refractivity contribution in [2.45, 2.75) is 23.7 Å². The first-order valence-corrected chi connectivity index (χ1v) is 9.04. The molecule has 1 aromatic heterocycles. The minimum Gasteiger partial charge on any atom is -0.255 e. The van der Waals surface area contributed by atoms with E-state index in [0.717, 1.165) is 24.6 Å². The van der Waals surface area contributed by atoms with Crippen LogP contribution in [0.2, 0.25) is 0 Å². The summed E-state index contributed by atoms with van der Waals surface area (Å²) in [7, 11) is -3.81. The molecule has 0 radical (unpaired) electrons. The van der Waals surface area contributed by atoms with E-state index in [4.69, 9.17) is 0 Å². The SMILES string of the molecule is O=S(=O)(Nc1nc(C2CC2)cs1)c1ccc(Br)c(F)c1. The van der Waals surface area contributed by atoms with Gasteiger partial charge in [-0.15, -0.1) is 11.3 Å². The summed E-state index contributed by atoms with van der Waals surface area (Å²) in [5.41, 5.74) is 0.926. The molecule has 0 atom stereocenters. The Balaban J connectivity index is 1.84. The summed E-state index contributed by atoms with van der Waals surface area (Å²) in [4.78, 5) is 4.12. The molecule has 1 saturated carbocycles. The fourth-order valence-electron chi connectivity index (χ4n) is 1.72. The van der Waals surface area contributed by atoms with Gasteiger partial charge in [0.2, 0.25) is 0 Å². The Morgan fingerprint density at radius 2 is 2.15 bits per heavy atom. The van der Waals surface area contributed by atoms with Gasteiger partial charge in [0.05, 0.1) is 15.1 Å². The average Bonchev–Trinajstić information content (AvgIpc) is 3.14. The lowest BCUT2D eigenvalue weighted by Crippen LogP contribution is -2.13. The zero-order valence-corrected chi connectivity index (χ0v) is 13.4. The fraction of sp³-hybridized carbons (Fsp3) is 0.250. The van der Waals surface area contributed by atoms with Crippen molar-refractivity contribution in [1.29, 1.82) is 0 Å². The zero-order valence-electron chi connectivity index (χ0n) is 10.1. The van der Waals surface area contributed by atoms with Gasteiger partial charge in [-0.2, -0.15) is 0 Å². The number of aromatic nitrogens is 1. The monoisotopic (exact) mass is 376 g/mol. The second-order valence-corrected chi connectivity index (χ2v) is 7.93. The Kier molecular flexibility index (Phi) is 3.55. The molecule has 0 unspecified atom stereocenters. The molecule has 1 fully saturated rings. The van der Waals surface area contributed by atoms with Crippen LogP contribution in [-0.4, -0.2) is 13.4 Å². The van der Waals surface area contributed by atoms with E-state index in [1.54, 1.807) is 0 Å². The summed E-state index contributed by atoms with van der Waals surface area (Å²) in [6.45, 7) is 0. The third kappa shape index (κ3) is 2.87. The van der Waals surface area contributed by atoms with Gasteiger partial charge in [0.25, 0.3) is 10.0 Å². The number of hydrogen-bond acceptors (Lipinski definition) is 4. The van der Waals surface area contributed by atoms with Crippen molar-refractivity contribution in [2.24, 2.45) is 0 Å². The maximum Gasteiger partial charge on any atom is 0.263 e. The Morgan fingerprint density at radius 1 is 1.40 bits per heavy atom. The lowest BCUT2D eigenvalue weighted by Gasteiger charge is -2.05. The number of nitrogens with one attached hydrogen (secondary N) is 1. The van der Waals surface area contributed by atoms with Gasteiger partial charge in [-0.1, -0.05) is 0 Å². The first kappa shape index (κ1) is 14.0. The van der Waals surface area contributed by atoms with Crippen molar-refractivity contribution in [3.63, 3.8) is 0 Å². The van der Waals surface area contributed by atoms with E-state index in [1.165, 1.54) is 23.5 Å². The first-order valence-electron chi connectivity index (χ1n) is 5.89. The van der Waals surface area contributed by atoms with Crippen LogP contribution in [0.5, 0.6) is 0 Å². The number of halogens is 2. The van der Waals surface area contributed by atoms with Gasteiger partial charge in [-0.3, -0.25) is 4.72 Å². The molecule has 0 bridgehead atoms. The van der Waals surface area contributed by atoms with Gasteiger partial charge < -0.3 is 0 Å². The fourth-order valence-corrected chi connectivity index (χ4v) is 4.02. The number of nitrogens with zero attached hydrogens (tertiary/aromatic N) is 1. The van der Waals surface area contributed by atoms with Gasteiger partial charge in [-0.25, -0.2) is 17.8 Å². The van der Waals surface area contributed by atoms with E-state index in [-0.39, 0.29) is 9.37 Å². The maximum atomic E-state index is 13.4. The van der Waals surface area contributed by atoms with Crippen molar-refractivity contribution in [1.82, 2.24) is 4.98 Å². The van der Waals surface area contributed by atoms with Crippen LogP contribution in [0.3, 0.4) is 0 Å².